The van der Waals surface area contributed by atoms with E-state index < -0.39 is 33.7 Å². The summed E-state index contributed by atoms with van der Waals surface area (Å²) in [6.07, 6.45) is 5.68. The van der Waals surface area contributed by atoms with Crippen LogP contribution in [-0.4, -0.2) is 0 Å². The average Bonchev–Trinajstić information content (AvgIpc) is 2.65. The molecule has 6 heteroatoms. The minimum absolute atomic E-state index is 0.0575. The van der Waals surface area contributed by atoms with Gasteiger partial charge >= 0.3 is 0 Å². The molecule has 1 saturated carbocycles. The first-order valence-corrected chi connectivity index (χ1v) is 8.88. The molecule has 0 aliphatic heterocycles. The van der Waals surface area contributed by atoms with Crippen molar-refractivity contribution in [2.75, 3.05) is 0 Å². The molecule has 3 rings (SSSR count). The van der Waals surface area contributed by atoms with Crippen LogP contribution in [0.1, 0.15) is 43.6 Å². The van der Waals surface area contributed by atoms with Gasteiger partial charge in [0.2, 0.25) is 0 Å². The van der Waals surface area contributed by atoms with E-state index in [2.05, 4.69) is 0 Å². The lowest BCUT2D eigenvalue weighted by atomic mass is 9.83. The first kappa shape index (κ1) is 17.8. The van der Waals surface area contributed by atoms with Crippen molar-refractivity contribution < 1.29 is 17.6 Å². The molecule has 25 heavy (non-hydrogen) atoms. The van der Waals surface area contributed by atoms with Crippen LogP contribution in [0.3, 0.4) is 0 Å². The molecule has 0 saturated heterocycles. The predicted octanol–water partition coefficient (Wildman–Crippen LogP) is 6.53. The molecule has 0 heterocycles. The molecule has 0 atom stereocenters. The van der Waals surface area contributed by atoms with Crippen molar-refractivity contribution in [2.24, 2.45) is 0 Å². The molecule has 0 spiro atoms. The van der Waals surface area contributed by atoms with E-state index in [0.717, 1.165) is 31.2 Å². The average molecular weight is 365 g/mol. The van der Waals surface area contributed by atoms with Gasteiger partial charge in [-0.15, -0.1) is 0 Å². The van der Waals surface area contributed by atoms with Crippen molar-refractivity contribution in [3.05, 3.63) is 53.1 Å². The van der Waals surface area contributed by atoms with Gasteiger partial charge in [-0.3, -0.25) is 0 Å². The summed E-state index contributed by atoms with van der Waals surface area (Å²) in [5.74, 6) is -5.64. The van der Waals surface area contributed by atoms with Gasteiger partial charge in [0, 0.05) is 0 Å². The van der Waals surface area contributed by atoms with Crippen molar-refractivity contribution >= 4 is 11.8 Å². The fraction of sp³-hybridized carbons (Fsp3) is 0.316. The summed E-state index contributed by atoms with van der Waals surface area (Å²) in [4.78, 5) is -0.958. The van der Waals surface area contributed by atoms with E-state index in [1.54, 1.807) is 12.1 Å². The lowest BCUT2D eigenvalue weighted by molar-refractivity contribution is 0.430. The van der Waals surface area contributed by atoms with Gasteiger partial charge in [0.15, 0.2) is 23.3 Å². The Morgan fingerprint density at radius 1 is 0.840 bits per heavy atom. The third kappa shape index (κ3) is 3.38. The highest BCUT2D eigenvalue weighted by atomic mass is 32.2. The van der Waals surface area contributed by atoms with Crippen molar-refractivity contribution in [1.29, 1.82) is 5.26 Å². The molecule has 1 aliphatic carbocycles. The summed E-state index contributed by atoms with van der Waals surface area (Å²) in [5.41, 5.74) is 0.398. The second-order valence-electron chi connectivity index (χ2n) is 6.11. The van der Waals surface area contributed by atoms with Crippen LogP contribution in [-0.2, 0) is 0 Å². The highest BCUT2D eigenvalue weighted by Crippen LogP contribution is 2.38. The number of thioether (sulfide) groups is 1. The van der Waals surface area contributed by atoms with Crippen LogP contribution >= 0.6 is 11.8 Å². The molecule has 0 N–H and O–H groups in total. The van der Waals surface area contributed by atoms with Crippen LogP contribution in [0.5, 0.6) is 0 Å². The maximum atomic E-state index is 14.3. The largest absolute Gasteiger partial charge is 0.203 e. The van der Waals surface area contributed by atoms with E-state index in [4.69, 9.17) is 5.26 Å². The van der Waals surface area contributed by atoms with Crippen molar-refractivity contribution in [1.82, 2.24) is 0 Å². The maximum Gasteiger partial charge on any atom is 0.177 e. The van der Waals surface area contributed by atoms with Gasteiger partial charge in [-0.2, -0.15) is 5.26 Å². The number of hydrogen-bond acceptors (Lipinski definition) is 2. The first-order valence-electron chi connectivity index (χ1n) is 8.06. The summed E-state index contributed by atoms with van der Waals surface area (Å²) >= 11 is 0.0575. The number of hydrogen-bond donors (Lipinski definition) is 0. The molecule has 2 aromatic carbocycles. The van der Waals surface area contributed by atoms with Gasteiger partial charge in [-0.1, -0.05) is 43.5 Å². The van der Waals surface area contributed by atoms with Gasteiger partial charge in [-0.25, -0.2) is 17.6 Å². The van der Waals surface area contributed by atoms with Crippen molar-refractivity contribution in [2.45, 2.75) is 42.9 Å². The minimum Gasteiger partial charge on any atom is -0.203 e. The highest BCUT2D eigenvalue weighted by molar-refractivity contribution is 8.03. The molecule has 0 amide bonds. The third-order valence-electron chi connectivity index (χ3n) is 4.65. The zero-order valence-corrected chi connectivity index (χ0v) is 14.1. The Bertz CT molecular complexity index is 792. The van der Waals surface area contributed by atoms with Crippen molar-refractivity contribution in [3.63, 3.8) is 0 Å². The lowest BCUT2D eigenvalue weighted by Gasteiger charge is -2.22. The number of halogens is 4. The van der Waals surface area contributed by atoms with Crippen LogP contribution < -0.4 is 0 Å². The third-order valence-corrected chi connectivity index (χ3v) is 5.30. The van der Waals surface area contributed by atoms with Crippen LogP contribution in [0.4, 0.5) is 17.6 Å². The van der Waals surface area contributed by atoms with E-state index in [-0.39, 0.29) is 17.3 Å². The molecule has 1 nitrogen and oxygen atoms in total. The fourth-order valence-corrected chi connectivity index (χ4v) is 3.81. The molecule has 0 radical (unpaired) electrons. The monoisotopic (exact) mass is 365 g/mol. The molecular weight excluding hydrogens is 350 g/mol. The number of benzene rings is 2. The normalized spacial score (nSPS) is 15.2. The fourth-order valence-electron chi connectivity index (χ4n) is 3.36. The number of rotatable bonds is 3. The number of thiocyanates is 1. The summed E-state index contributed by atoms with van der Waals surface area (Å²) in [7, 11) is 0. The summed E-state index contributed by atoms with van der Waals surface area (Å²) in [6, 6.07) is 6.50. The van der Waals surface area contributed by atoms with E-state index in [9.17, 15) is 17.6 Å². The Morgan fingerprint density at radius 3 is 1.92 bits per heavy atom. The smallest absolute Gasteiger partial charge is 0.177 e. The van der Waals surface area contributed by atoms with Gasteiger partial charge in [-0.05, 0) is 41.6 Å². The van der Waals surface area contributed by atoms with Crippen LogP contribution in [0.2, 0.25) is 0 Å². The molecule has 0 bridgehead atoms. The van der Waals surface area contributed by atoms with Crippen molar-refractivity contribution in [3.8, 4) is 16.5 Å². The molecule has 0 aromatic heterocycles. The van der Waals surface area contributed by atoms with E-state index in [1.807, 2.05) is 0 Å². The molecule has 1 aliphatic rings. The minimum atomic E-state index is -1.54. The second-order valence-corrected chi connectivity index (χ2v) is 6.91. The molecule has 2 aromatic rings. The molecular formula is C19H15F4NS. The second kappa shape index (κ2) is 7.49. The maximum absolute atomic E-state index is 14.3. The standard InChI is InChI=1S/C19H15F4NS/c20-15-14(16(21)18(23)19(17(15)22)25-10-24)13-8-6-12(7-9-13)11-4-2-1-3-5-11/h6-9,11H,1-5H2. The van der Waals surface area contributed by atoms with E-state index >= 15 is 0 Å². The Labute approximate surface area is 147 Å². The van der Waals surface area contributed by atoms with Gasteiger partial charge in [0.25, 0.3) is 0 Å². The van der Waals surface area contributed by atoms with Crippen LogP contribution in [0.25, 0.3) is 11.1 Å². The molecule has 1 fully saturated rings. The first-order chi connectivity index (χ1) is 12.0. The zero-order chi connectivity index (χ0) is 18.0. The van der Waals surface area contributed by atoms with Gasteiger partial charge in [0.1, 0.15) is 5.40 Å². The lowest BCUT2D eigenvalue weighted by Crippen LogP contribution is -2.05. The summed E-state index contributed by atoms with van der Waals surface area (Å²) < 4.78 is 56.5. The Balaban J connectivity index is 2.00. The quantitative estimate of drug-likeness (QED) is 0.267. The van der Waals surface area contributed by atoms with E-state index in [0.29, 0.717) is 5.92 Å². The molecule has 0 unspecified atom stereocenters. The van der Waals surface area contributed by atoms with Gasteiger partial charge in [0.05, 0.1) is 10.5 Å². The SMILES string of the molecule is N#CSc1c(F)c(F)c(-c2ccc(C3CCCCC3)cc2)c(F)c1F. The van der Waals surface area contributed by atoms with Crippen LogP contribution in [0, 0.1) is 33.9 Å². The topological polar surface area (TPSA) is 23.8 Å². The Morgan fingerprint density at radius 2 is 1.40 bits per heavy atom. The number of nitriles is 1. The Hall–Kier alpha value is -2.00. The predicted molar refractivity (Wildman–Crippen MR) is 89.0 cm³/mol. The zero-order valence-electron chi connectivity index (χ0n) is 13.3. The summed E-state index contributed by atoms with van der Waals surface area (Å²) in [6.45, 7) is 0. The Kier molecular flexibility index (Phi) is 5.33. The number of nitrogens with zero attached hydrogens (tertiary/aromatic N) is 1. The summed E-state index contributed by atoms with van der Waals surface area (Å²) in [5, 5.41) is 9.95. The molecule has 130 valence electrons. The van der Waals surface area contributed by atoms with Gasteiger partial charge < -0.3 is 0 Å². The van der Waals surface area contributed by atoms with Crippen LogP contribution in [0.15, 0.2) is 29.2 Å². The van der Waals surface area contributed by atoms with E-state index in [1.165, 1.54) is 24.0 Å². The highest BCUT2D eigenvalue weighted by Gasteiger charge is 2.27.